The van der Waals surface area contributed by atoms with Gasteiger partial charge in [0, 0.05) is 11.8 Å². The minimum Gasteiger partial charge on any atom is -0.252 e. The molecule has 0 amide bonds. The van der Waals surface area contributed by atoms with E-state index in [4.69, 9.17) is 0 Å². The van der Waals surface area contributed by atoms with Gasteiger partial charge in [0.25, 0.3) is 0 Å². The second kappa shape index (κ2) is 4.59. The van der Waals surface area contributed by atoms with E-state index in [2.05, 4.69) is 34.5 Å². The molecule has 1 unspecified atom stereocenters. The number of hydrogen-bond acceptors (Lipinski definition) is 4. The summed E-state index contributed by atoms with van der Waals surface area (Å²) in [7, 11) is -1.06. The molecule has 1 atom stereocenters. The standard InChI is InChI=1S/C13H10N2OS2/c1-18(16)13-15-14-12(17-13)11-7-6-9-4-2-3-5-10(9)8-11/h2-8H,1H3. The van der Waals surface area contributed by atoms with Crippen molar-refractivity contribution in [1.29, 1.82) is 0 Å². The van der Waals surface area contributed by atoms with Gasteiger partial charge in [0.2, 0.25) is 4.34 Å². The van der Waals surface area contributed by atoms with Crippen LogP contribution < -0.4 is 0 Å². The lowest BCUT2D eigenvalue weighted by Crippen LogP contribution is -1.84. The molecule has 5 heteroatoms. The molecule has 3 aromatic rings. The van der Waals surface area contributed by atoms with Crippen molar-refractivity contribution in [2.45, 2.75) is 4.34 Å². The van der Waals surface area contributed by atoms with Gasteiger partial charge in [-0.25, -0.2) is 0 Å². The van der Waals surface area contributed by atoms with Gasteiger partial charge < -0.3 is 0 Å². The van der Waals surface area contributed by atoms with Crippen LogP contribution >= 0.6 is 11.3 Å². The smallest absolute Gasteiger partial charge is 0.204 e. The Kier molecular flexibility index (Phi) is 2.93. The summed E-state index contributed by atoms with van der Waals surface area (Å²) in [5, 5.41) is 11.2. The fraction of sp³-hybridized carbons (Fsp3) is 0.0769. The van der Waals surface area contributed by atoms with Gasteiger partial charge in [0.1, 0.15) is 5.01 Å². The van der Waals surface area contributed by atoms with E-state index in [0.717, 1.165) is 10.6 Å². The molecule has 0 fully saturated rings. The first-order valence-electron chi connectivity index (χ1n) is 5.40. The van der Waals surface area contributed by atoms with Gasteiger partial charge in [-0.15, -0.1) is 10.2 Å². The average molecular weight is 274 g/mol. The van der Waals surface area contributed by atoms with E-state index in [1.54, 1.807) is 6.26 Å². The summed E-state index contributed by atoms with van der Waals surface area (Å²) < 4.78 is 11.9. The van der Waals surface area contributed by atoms with Crippen LogP contribution in [0.15, 0.2) is 46.8 Å². The molecule has 0 saturated heterocycles. The Morgan fingerprint density at radius 3 is 2.56 bits per heavy atom. The van der Waals surface area contributed by atoms with Crippen molar-refractivity contribution in [3.63, 3.8) is 0 Å². The van der Waals surface area contributed by atoms with Gasteiger partial charge in [-0.1, -0.05) is 47.7 Å². The lowest BCUT2D eigenvalue weighted by Gasteiger charge is -1.99. The second-order valence-electron chi connectivity index (χ2n) is 3.89. The summed E-state index contributed by atoms with van der Waals surface area (Å²) in [6.07, 6.45) is 1.62. The van der Waals surface area contributed by atoms with Crippen LogP contribution in [0, 0.1) is 0 Å². The van der Waals surface area contributed by atoms with Crippen LogP contribution in [0.1, 0.15) is 0 Å². The SMILES string of the molecule is CS(=O)c1nnc(-c2ccc3ccccc3c2)s1. The highest BCUT2D eigenvalue weighted by atomic mass is 32.2. The molecule has 3 rings (SSSR count). The zero-order valence-corrected chi connectivity index (χ0v) is 11.3. The van der Waals surface area contributed by atoms with E-state index in [-0.39, 0.29) is 0 Å². The van der Waals surface area contributed by atoms with Crippen molar-refractivity contribution >= 4 is 32.9 Å². The number of aromatic nitrogens is 2. The van der Waals surface area contributed by atoms with Gasteiger partial charge in [0.15, 0.2) is 0 Å². The van der Waals surface area contributed by atoms with E-state index in [9.17, 15) is 4.21 Å². The van der Waals surface area contributed by atoms with E-state index in [0.29, 0.717) is 4.34 Å². The average Bonchev–Trinajstić information content (AvgIpc) is 2.88. The van der Waals surface area contributed by atoms with Gasteiger partial charge in [-0.05, 0) is 16.8 Å². The molecule has 0 spiro atoms. The molecule has 0 bridgehead atoms. The van der Waals surface area contributed by atoms with Crippen molar-refractivity contribution in [1.82, 2.24) is 10.2 Å². The third kappa shape index (κ3) is 2.07. The molecule has 3 nitrogen and oxygen atoms in total. The maximum Gasteiger partial charge on any atom is 0.204 e. The molecule has 0 aliphatic carbocycles. The van der Waals surface area contributed by atoms with E-state index in [1.165, 1.54) is 22.1 Å². The minimum atomic E-state index is -1.06. The van der Waals surface area contributed by atoms with Crippen molar-refractivity contribution in [3.05, 3.63) is 42.5 Å². The summed E-state index contributed by atoms with van der Waals surface area (Å²) in [6, 6.07) is 14.3. The maximum absolute atomic E-state index is 11.3. The number of hydrogen-bond donors (Lipinski definition) is 0. The summed E-state index contributed by atoms with van der Waals surface area (Å²) in [4.78, 5) is 0. The number of nitrogens with zero attached hydrogens (tertiary/aromatic N) is 2. The Morgan fingerprint density at radius 1 is 1.06 bits per heavy atom. The molecule has 1 heterocycles. The molecule has 1 aromatic heterocycles. The number of benzene rings is 2. The largest absolute Gasteiger partial charge is 0.252 e. The highest BCUT2D eigenvalue weighted by Gasteiger charge is 2.09. The van der Waals surface area contributed by atoms with E-state index >= 15 is 0 Å². The molecule has 0 N–H and O–H groups in total. The summed E-state index contributed by atoms with van der Waals surface area (Å²) in [5.41, 5.74) is 1.02. The maximum atomic E-state index is 11.3. The van der Waals surface area contributed by atoms with Crippen LogP contribution in [-0.4, -0.2) is 20.7 Å². The normalized spacial score (nSPS) is 12.7. The zero-order chi connectivity index (χ0) is 12.5. The van der Waals surface area contributed by atoms with Crippen LogP contribution in [0.4, 0.5) is 0 Å². The Labute approximate surface area is 111 Å². The van der Waals surface area contributed by atoms with Crippen molar-refractivity contribution in [2.24, 2.45) is 0 Å². The van der Waals surface area contributed by atoms with E-state index < -0.39 is 10.8 Å². The third-order valence-electron chi connectivity index (χ3n) is 2.65. The molecule has 0 aliphatic rings. The monoisotopic (exact) mass is 274 g/mol. The van der Waals surface area contributed by atoms with Crippen molar-refractivity contribution < 1.29 is 4.21 Å². The molecule has 2 aromatic carbocycles. The zero-order valence-electron chi connectivity index (χ0n) is 9.66. The molecule has 90 valence electrons. The first-order valence-corrected chi connectivity index (χ1v) is 7.77. The Balaban J connectivity index is 2.10. The second-order valence-corrected chi connectivity index (χ2v) is 6.42. The Hall–Kier alpha value is -1.59. The quantitative estimate of drug-likeness (QED) is 0.721. The lowest BCUT2D eigenvalue weighted by atomic mass is 10.1. The summed E-state index contributed by atoms with van der Waals surface area (Å²) >= 11 is 1.38. The fourth-order valence-corrected chi connectivity index (χ4v) is 3.20. The highest BCUT2D eigenvalue weighted by molar-refractivity contribution is 7.86. The van der Waals surface area contributed by atoms with Crippen LogP contribution in [0.5, 0.6) is 0 Å². The van der Waals surface area contributed by atoms with Gasteiger partial charge in [-0.3, -0.25) is 4.21 Å². The van der Waals surface area contributed by atoms with Gasteiger partial charge in [0.05, 0.1) is 10.8 Å². The van der Waals surface area contributed by atoms with Crippen LogP contribution in [-0.2, 0) is 10.8 Å². The number of rotatable bonds is 2. The van der Waals surface area contributed by atoms with Crippen molar-refractivity contribution in [3.8, 4) is 10.6 Å². The van der Waals surface area contributed by atoms with Gasteiger partial charge >= 0.3 is 0 Å². The van der Waals surface area contributed by atoms with E-state index in [1.807, 2.05) is 18.2 Å². The van der Waals surface area contributed by atoms with Crippen LogP contribution in [0.25, 0.3) is 21.3 Å². The molecular weight excluding hydrogens is 264 g/mol. The number of fused-ring (bicyclic) bond motifs is 1. The van der Waals surface area contributed by atoms with Crippen molar-refractivity contribution in [2.75, 3.05) is 6.26 Å². The topological polar surface area (TPSA) is 42.9 Å². The fourth-order valence-electron chi connectivity index (χ4n) is 1.76. The van der Waals surface area contributed by atoms with Crippen LogP contribution in [0.2, 0.25) is 0 Å². The first kappa shape index (κ1) is 11.5. The van der Waals surface area contributed by atoms with Crippen LogP contribution in [0.3, 0.4) is 0 Å². The summed E-state index contributed by atoms with van der Waals surface area (Å²) in [5.74, 6) is 0. The highest BCUT2D eigenvalue weighted by Crippen LogP contribution is 2.27. The van der Waals surface area contributed by atoms with Gasteiger partial charge in [-0.2, -0.15) is 0 Å². The molecule has 0 saturated carbocycles. The first-order chi connectivity index (χ1) is 8.74. The minimum absolute atomic E-state index is 0.568. The molecule has 0 radical (unpaired) electrons. The molecular formula is C13H10N2OS2. The predicted octanol–water partition coefficient (Wildman–Crippen LogP) is 3.10. The Morgan fingerprint density at radius 2 is 1.83 bits per heavy atom. The Bertz CT molecular complexity index is 736. The lowest BCUT2D eigenvalue weighted by molar-refractivity contribution is 0.685. The molecule has 0 aliphatic heterocycles. The predicted molar refractivity (Wildman–Crippen MR) is 75.2 cm³/mol. The molecule has 18 heavy (non-hydrogen) atoms. The summed E-state index contributed by atoms with van der Waals surface area (Å²) in [6.45, 7) is 0. The third-order valence-corrected chi connectivity index (χ3v) is 4.94.